The molecule has 0 saturated carbocycles. The van der Waals surface area contributed by atoms with Crippen LogP contribution in [0.15, 0.2) is 4.99 Å². The molecule has 0 aromatic carbocycles. The lowest BCUT2D eigenvalue weighted by atomic mass is 9.98. The summed E-state index contributed by atoms with van der Waals surface area (Å²) in [7, 11) is 0. The van der Waals surface area contributed by atoms with Crippen LogP contribution in [0.25, 0.3) is 0 Å². The van der Waals surface area contributed by atoms with Crippen molar-refractivity contribution in [1.82, 2.24) is 10.6 Å². The van der Waals surface area contributed by atoms with Crippen LogP contribution in [0.2, 0.25) is 0 Å². The van der Waals surface area contributed by atoms with Gasteiger partial charge in [0.25, 0.3) is 0 Å². The minimum Gasteiger partial charge on any atom is -0.388 e. The van der Waals surface area contributed by atoms with E-state index in [1.165, 1.54) is 0 Å². The molecule has 0 aliphatic heterocycles. The molecule has 0 aliphatic rings. The molecular formula is C13H30IN3O. The fourth-order valence-corrected chi connectivity index (χ4v) is 1.36. The second kappa shape index (κ2) is 8.96. The highest BCUT2D eigenvalue weighted by atomic mass is 127. The molecule has 0 unspecified atom stereocenters. The number of nitrogens with one attached hydrogen (secondary N) is 2. The number of aliphatic imine (C=N–C) groups is 1. The largest absolute Gasteiger partial charge is 0.388 e. The van der Waals surface area contributed by atoms with E-state index in [1.807, 2.05) is 20.8 Å². The van der Waals surface area contributed by atoms with E-state index in [0.717, 1.165) is 25.3 Å². The molecular weight excluding hydrogens is 341 g/mol. The number of hydrogen-bond donors (Lipinski definition) is 3. The van der Waals surface area contributed by atoms with E-state index in [0.29, 0.717) is 6.54 Å². The van der Waals surface area contributed by atoms with Gasteiger partial charge in [-0.15, -0.1) is 24.0 Å². The van der Waals surface area contributed by atoms with Crippen LogP contribution in [0, 0.1) is 0 Å². The molecule has 18 heavy (non-hydrogen) atoms. The first-order valence-electron chi connectivity index (χ1n) is 6.55. The van der Waals surface area contributed by atoms with Crippen LogP contribution in [0.5, 0.6) is 0 Å². The van der Waals surface area contributed by atoms with Crippen molar-refractivity contribution in [2.75, 3.05) is 13.1 Å². The monoisotopic (exact) mass is 371 g/mol. The lowest BCUT2D eigenvalue weighted by Crippen LogP contribution is -2.48. The first-order valence-corrected chi connectivity index (χ1v) is 6.55. The van der Waals surface area contributed by atoms with Crippen LogP contribution in [0.3, 0.4) is 0 Å². The third kappa shape index (κ3) is 8.97. The maximum Gasteiger partial charge on any atom is 0.191 e. The smallest absolute Gasteiger partial charge is 0.191 e. The number of aliphatic hydroxyl groups is 1. The van der Waals surface area contributed by atoms with Gasteiger partial charge in [-0.25, -0.2) is 0 Å². The summed E-state index contributed by atoms with van der Waals surface area (Å²) in [6.07, 6.45) is 1.45. The summed E-state index contributed by atoms with van der Waals surface area (Å²) < 4.78 is 0. The third-order valence-corrected chi connectivity index (χ3v) is 2.69. The Morgan fingerprint density at radius 1 is 1.11 bits per heavy atom. The molecule has 5 heteroatoms. The quantitative estimate of drug-likeness (QED) is 0.396. The standard InChI is InChI=1S/C13H29N3O.HI/c1-7-13(17,8-2)10-15-11(14-9-3)16-12(4,5)6;/h17H,7-10H2,1-6H3,(H2,14,15,16);1H. The maximum atomic E-state index is 10.2. The second-order valence-corrected chi connectivity index (χ2v) is 5.50. The lowest BCUT2D eigenvalue weighted by molar-refractivity contribution is 0.0417. The van der Waals surface area contributed by atoms with E-state index in [9.17, 15) is 5.11 Å². The van der Waals surface area contributed by atoms with Crippen LogP contribution < -0.4 is 10.6 Å². The van der Waals surface area contributed by atoms with E-state index in [-0.39, 0.29) is 29.5 Å². The molecule has 0 radical (unpaired) electrons. The molecule has 0 spiro atoms. The summed E-state index contributed by atoms with van der Waals surface area (Å²) >= 11 is 0. The summed E-state index contributed by atoms with van der Waals surface area (Å²) in [6.45, 7) is 13.5. The predicted octanol–water partition coefficient (Wildman–Crippen LogP) is 2.51. The van der Waals surface area contributed by atoms with Crippen LogP contribution in [-0.4, -0.2) is 35.3 Å². The van der Waals surface area contributed by atoms with Gasteiger partial charge < -0.3 is 15.7 Å². The molecule has 0 saturated heterocycles. The van der Waals surface area contributed by atoms with Crippen molar-refractivity contribution < 1.29 is 5.11 Å². The minimum absolute atomic E-state index is 0. The Hall–Kier alpha value is -0.0400. The molecule has 3 N–H and O–H groups in total. The van der Waals surface area contributed by atoms with E-state index in [1.54, 1.807) is 0 Å². The SMILES string of the molecule is CCNC(=NCC(O)(CC)CC)NC(C)(C)C.I. The topological polar surface area (TPSA) is 56.7 Å². The van der Waals surface area contributed by atoms with Crippen molar-refractivity contribution in [2.45, 2.75) is 65.5 Å². The van der Waals surface area contributed by atoms with Crippen molar-refractivity contribution >= 4 is 29.9 Å². The molecule has 4 nitrogen and oxygen atoms in total. The highest BCUT2D eigenvalue weighted by molar-refractivity contribution is 14.0. The lowest BCUT2D eigenvalue weighted by Gasteiger charge is -2.26. The Balaban J connectivity index is 0. The van der Waals surface area contributed by atoms with Gasteiger partial charge in [0.1, 0.15) is 0 Å². The number of hydrogen-bond acceptors (Lipinski definition) is 2. The van der Waals surface area contributed by atoms with Crippen LogP contribution in [0.4, 0.5) is 0 Å². The third-order valence-electron chi connectivity index (χ3n) is 2.69. The van der Waals surface area contributed by atoms with Gasteiger partial charge in [-0.05, 0) is 40.5 Å². The molecule has 0 aromatic heterocycles. The van der Waals surface area contributed by atoms with Gasteiger partial charge in [-0.1, -0.05) is 13.8 Å². The fraction of sp³-hybridized carbons (Fsp3) is 0.923. The van der Waals surface area contributed by atoms with Crippen LogP contribution >= 0.6 is 24.0 Å². The maximum absolute atomic E-state index is 10.2. The second-order valence-electron chi connectivity index (χ2n) is 5.50. The molecule has 0 aromatic rings. The molecule has 0 atom stereocenters. The minimum atomic E-state index is -0.680. The molecule has 0 amide bonds. The highest BCUT2D eigenvalue weighted by Gasteiger charge is 2.22. The molecule has 0 aliphatic carbocycles. The van der Waals surface area contributed by atoms with Crippen molar-refractivity contribution in [1.29, 1.82) is 0 Å². The Bertz CT molecular complexity index is 245. The summed E-state index contributed by atoms with van der Waals surface area (Å²) in [5.41, 5.74) is -0.711. The molecule has 0 fully saturated rings. The van der Waals surface area contributed by atoms with Gasteiger partial charge in [0.05, 0.1) is 12.1 Å². The normalized spacial score (nSPS) is 12.9. The Kier molecular flexibility index (Phi) is 10.1. The first kappa shape index (κ1) is 20.3. The summed E-state index contributed by atoms with van der Waals surface area (Å²) in [4.78, 5) is 4.46. The number of halogens is 1. The number of nitrogens with zero attached hydrogens (tertiary/aromatic N) is 1. The van der Waals surface area contributed by atoms with Crippen LogP contribution in [-0.2, 0) is 0 Å². The van der Waals surface area contributed by atoms with Gasteiger partial charge in [-0.2, -0.15) is 0 Å². The van der Waals surface area contributed by atoms with E-state index in [2.05, 4.69) is 36.4 Å². The van der Waals surface area contributed by atoms with E-state index in [4.69, 9.17) is 0 Å². The number of rotatable bonds is 5. The van der Waals surface area contributed by atoms with Gasteiger partial charge in [0.2, 0.25) is 0 Å². The first-order chi connectivity index (χ1) is 7.76. The average Bonchev–Trinajstić information content (AvgIpc) is 2.24. The fourth-order valence-electron chi connectivity index (χ4n) is 1.36. The average molecular weight is 371 g/mol. The van der Waals surface area contributed by atoms with Gasteiger partial charge in [0.15, 0.2) is 5.96 Å². The molecule has 110 valence electrons. The zero-order chi connectivity index (χ0) is 13.5. The molecule has 0 heterocycles. The predicted molar refractivity (Wildman–Crippen MR) is 89.8 cm³/mol. The van der Waals surface area contributed by atoms with Crippen molar-refractivity contribution in [2.24, 2.45) is 4.99 Å². The van der Waals surface area contributed by atoms with E-state index >= 15 is 0 Å². The van der Waals surface area contributed by atoms with Crippen LogP contribution in [0.1, 0.15) is 54.4 Å². The Labute approximate surface area is 129 Å². The van der Waals surface area contributed by atoms with E-state index < -0.39 is 5.60 Å². The van der Waals surface area contributed by atoms with Crippen molar-refractivity contribution in [3.63, 3.8) is 0 Å². The zero-order valence-corrected chi connectivity index (χ0v) is 15.0. The molecule has 0 bridgehead atoms. The zero-order valence-electron chi connectivity index (χ0n) is 12.6. The van der Waals surface area contributed by atoms with Gasteiger partial charge >= 0.3 is 0 Å². The summed E-state index contributed by atoms with van der Waals surface area (Å²) in [5.74, 6) is 0.764. The molecule has 0 rings (SSSR count). The summed E-state index contributed by atoms with van der Waals surface area (Å²) in [5, 5.41) is 16.7. The summed E-state index contributed by atoms with van der Waals surface area (Å²) in [6, 6.07) is 0. The Morgan fingerprint density at radius 2 is 1.61 bits per heavy atom. The Morgan fingerprint density at radius 3 is 1.94 bits per heavy atom. The van der Waals surface area contributed by atoms with Crippen molar-refractivity contribution in [3.8, 4) is 0 Å². The number of guanidine groups is 1. The highest BCUT2D eigenvalue weighted by Crippen LogP contribution is 2.14. The van der Waals surface area contributed by atoms with Gasteiger partial charge in [-0.3, -0.25) is 4.99 Å². The van der Waals surface area contributed by atoms with Crippen molar-refractivity contribution in [3.05, 3.63) is 0 Å². The van der Waals surface area contributed by atoms with Gasteiger partial charge in [0, 0.05) is 12.1 Å².